The van der Waals surface area contributed by atoms with Crippen LogP contribution in [0.1, 0.15) is 27.7 Å². The van der Waals surface area contributed by atoms with E-state index in [1.807, 2.05) is 79.8 Å². The molecule has 2 heterocycles. The van der Waals surface area contributed by atoms with Crippen molar-refractivity contribution in [1.29, 1.82) is 0 Å². The van der Waals surface area contributed by atoms with E-state index in [0.717, 1.165) is 16.8 Å². The number of carbonyl (C=O) groups is 2. The number of thioether (sulfide) groups is 2. The van der Waals surface area contributed by atoms with Crippen LogP contribution in [-0.4, -0.2) is 29.9 Å². The summed E-state index contributed by atoms with van der Waals surface area (Å²) >= 11 is 3.90. The Hall–Kier alpha value is -1.92. The predicted octanol–water partition coefficient (Wildman–Crippen LogP) is 4.74. The molecule has 2 saturated heterocycles. The molecule has 2 aromatic rings. The van der Waals surface area contributed by atoms with Gasteiger partial charge in [0.05, 0.1) is 10.5 Å². The number of hydrogen-bond acceptors (Lipinski definition) is 5. The van der Waals surface area contributed by atoms with Gasteiger partial charge in [0.1, 0.15) is 5.75 Å². The van der Waals surface area contributed by atoms with Crippen LogP contribution in [-0.2, 0) is 9.59 Å². The quantitative estimate of drug-likeness (QED) is 0.535. The van der Waals surface area contributed by atoms with Gasteiger partial charge < -0.3 is 9.64 Å². The lowest BCUT2D eigenvalue weighted by Crippen LogP contribution is -2.28. The van der Waals surface area contributed by atoms with E-state index < -0.39 is 5.92 Å². The summed E-state index contributed by atoms with van der Waals surface area (Å²) in [5, 5.41) is 0. The lowest BCUT2D eigenvalue weighted by molar-refractivity contribution is -0.139. The van der Waals surface area contributed by atoms with Crippen LogP contribution in [0.2, 0.25) is 0 Å². The molecule has 0 N–H and O–H groups in total. The van der Waals surface area contributed by atoms with E-state index >= 15 is 0 Å². The first-order valence-corrected chi connectivity index (χ1v) is 11.5. The van der Waals surface area contributed by atoms with Gasteiger partial charge in [-0.25, -0.2) is 0 Å². The first-order chi connectivity index (χ1) is 13.5. The molecule has 2 aliphatic heterocycles. The average Bonchev–Trinajstić information content (AvgIpc) is 3.35. The zero-order valence-corrected chi connectivity index (χ0v) is 17.6. The van der Waals surface area contributed by atoms with Crippen LogP contribution in [0.3, 0.4) is 0 Å². The third-order valence-electron chi connectivity index (χ3n) is 5.32. The van der Waals surface area contributed by atoms with Crippen LogP contribution in [0.25, 0.3) is 0 Å². The van der Waals surface area contributed by atoms with E-state index in [0.29, 0.717) is 16.9 Å². The molecule has 1 amide bonds. The minimum Gasteiger partial charge on any atom is -0.426 e. The highest BCUT2D eigenvalue weighted by Crippen LogP contribution is 2.45. The Morgan fingerprint density at radius 2 is 1.79 bits per heavy atom. The van der Waals surface area contributed by atoms with Crippen LogP contribution in [0.5, 0.6) is 5.75 Å². The van der Waals surface area contributed by atoms with Gasteiger partial charge in [-0.3, -0.25) is 9.59 Å². The van der Waals surface area contributed by atoms with Crippen molar-refractivity contribution in [2.24, 2.45) is 5.92 Å². The lowest BCUT2D eigenvalue weighted by atomic mass is 10.1. The Kier molecular flexibility index (Phi) is 5.69. The van der Waals surface area contributed by atoms with Gasteiger partial charge in [-0.1, -0.05) is 24.3 Å². The van der Waals surface area contributed by atoms with E-state index in [4.69, 9.17) is 4.74 Å². The van der Waals surface area contributed by atoms with Gasteiger partial charge in [-0.2, -0.15) is 0 Å². The fraction of sp³-hybridized carbons (Fsp3) is 0.364. The second-order valence-electron chi connectivity index (χ2n) is 7.19. The number of anilines is 1. The van der Waals surface area contributed by atoms with Gasteiger partial charge in [0.2, 0.25) is 5.91 Å². The first kappa shape index (κ1) is 19.4. The standard InChI is InChI=1S/C22H23NO3S2/c1-14-4-3-5-19(15(14)2)23-13-17(12-20(23)24)21(25)26-18-8-6-16(7-9-18)22-27-10-11-28-22/h3-9,17,22H,10-13H2,1-2H3. The molecule has 4 rings (SSSR count). The van der Waals surface area contributed by atoms with Crippen molar-refractivity contribution < 1.29 is 14.3 Å². The normalized spacial score (nSPS) is 20.0. The Labute approximate surface area is 174 Å². The molecule has 4 nitrogen and oxygen atoms in total. The Bertz CT molecular complexity index is 891. The summed E-state index contributed by atoms with van der Waals surface area (Å²) in [6.45, 7) is 4.40. The number of benzene rings is 2. The van der Waals surface area contributed by atoms with Crippen LogP contribution < -0.4 is 9.64 Å². The van der Waals surface area contributed by atoms with Crippen LogP contribution in [0.4, 0.5) is 5.69 Å². The van der Waals surface area contributed by atoms with E-state index in [9.17, 15) is 9.59 Å². The predicted molar refractivity (Wildman–Crippen MR) is 116 cm³/mol. The zero-order valence-electron chi connectivity index (χ0n) is 16.0. The molecule has 0 spiro atoms. The van der Waals surface area contributed by atoms with Crippen molar-refractivity contribution in [1.82, 2.24) is 0 Å². The SMILES string of the molecule is Cc1cccc(N2CC(C(=O)Oc3ccc(C4SCCS4)cc3)CC2=O)c1C. The van der Waals surface area contributed by atoms with Gasteiger partial charge in [0, 0.05) is 30.2 Å². The molecule has 1 unspecified atom stereocenters. The zero-order chi connectivity index (χ0) is 19.7. The maximum Gasteiger partial charge on any atom is 0.316 e. The highest BCUT2D eigenvalue weighted by atomic mass is 32.2. The fourth-order valence-electron chi connectivity index (χ4n) is 3.57. The van der Waals surface area contributed by atoms with E-state index in [1.165, 1.54) is 17.1 Å². The number of esters is 1. The van der Waals surface area contributed by atoms with E-state index in [1.54, 1.807) is 4.90 Å². The summed E-state index contributed by atoms with van der Waals surface area (Å²) in [4.78, 5) is 26.8. The summed E-state index contributed by atoms with van der Waals surface area (Å²) < 4.78 is 6.05. The van der Waals surface area contributed by atoms with Crippen LogP contribution in [0.15, 0.2) is 42.5 Å². The largest absolute Gasteiger partial charge is 0.426 e. The highest BCUT2D eigenvalue weighted by Gasteiger charge is 2.37. The topological polar surface area (TPSA) is 46.6 Å². The molecule has 28 heavy (non-hydrogen) atoms. The van der Waals surface area contributed by atoms with Crippen molar-refractivity contribution in [3.63, 3.8) is 0 Å². The molecule has 0 saturated carbocycles. The molecule has 0 bridgehead atoms. The molecule has 1 atom stereocenters. The average molecular weight is 414 g/mol. The van der Waals surface area contributed by atoms with Crippen LogP contribution >= 0.6 is 23.5 Å². The smallest absolute Gasteiger partial charge is 0.316 e. The van der Waals surface area contributed by atoms with Gasteiger partial charge in [0.15, 0.2) is 0 Å². The Balaban J connectivity index is 1.41. The third kappa shape index (κ3) is 3.94. The van der Waals surface area contributed by atoms with Gasteiger partial charge in [0.25, 0.3) is 0 Å². The summed E-state index contributed by atoms with van der Waals surface area (Å²) in [6, 6.07) is 13.7. The Morgan fingerprint density at radius 1 is 1.07 bits per heavy atom. The van der Waals surface area contributed by atoms with Crippen molar-refractivity contribution in [3.8, 4) is 5.75 Å². The summed E-state index contributed by atoms with van der Waals surface area (Å²) in [5.41, 5.74) is 4.35. The molecule has 2 aliphatic rings. The molecule has 2 fully saturated rings. The maximum absolute atomic E-state index is 12.6. The minimum absolute atomic E-state index is 0.0266. The van der Waals surface area contributed by atoms with Crippen molar-refractivity contribution in [2.45, 2.75) is 24.9 Å². The number of rotatable bonds is 4. The molecular weight excluding hydrogens is 390 g/mol. The maximum atomic E-state index is 12.6. The molecular formula is C22H23NO3S2. The first-order valence-electron chi connectivity index (χ1n) is 9.44. The van der Waals surface area contributed by atoms with Crippen molar-refractivity contribution in [3.05, 3.63) is 59.2 Å². The molecule has 2 aromatic carbocycles. The molecule has 0 radical (unpaired) electrons. The highest BCUT2D eigenvalue weighted by molar-refractivity contribution is 8.19. The minimum atomic E-state index is -0.437. The Morgan fingerprint density at radius 3 is 2.50 bits per heavy atom. The molecule has 146 valence electrons. The van der Waals surface area contributed by atoms with Crippen molar-refractivity contribution >= 4 is 41.1 Å². The number of amides is 1. The van der Waals surface area contributed by atoms with E-state index in [-0.39, 0.29) is 18.3 Å². The molecule has 0 aromatic heterocycles. The fourth-order valence-corrected chi connectivity index (χ4v) is 6.43. The lowest BCUT2D eigenvalue weighted by Gasteiger charge is -2.20. The number of carbonyl (C=O) groups excluding carboxylic acids is 2. The van der Waals surface area contributed by atoms with Gasteiger partial charge >= 0.3 is 5.97 Å². The number of ether oxygens (including phenoxy) is 1. The van der Waals surface area contributed by atoms with Gasteiger partial charge in [-0.15, -0.1) is 23.5 Å². The number of hydrogen-bond donors (Lipinski definition) is 0. The summed E-state index contributed by atoms with van der Waals surface area (Å²) in [7, 11) is 0. The van der Waals surface area contributed by atoms with E-state index in [2.05, 4.69) is 0 Å². The monoisotopic (exact) mass is 413 g/mol. The second-order valence-corrected chi connectivity index (χ2v) is 9.91. The summed E-state index contributed by atoms with van der Waals surface area (Å²) in [5.74, 6) is 2.10. The summed E-state index contributed by atoms with van der Waals surface area (Å²) in [6.07, 6.45) is 0.194. The van der Waals surface area contributed by atoms with Crippen molar-refractivity contribution in [2.75, 3.05) is 23.0 Å². The molecule has 0 aliphatic carbocycles. The molecule has 6 heteroatoms. The number of nitrogens with zero attached hydrogens (tertiary/aromatic N) is 1. The van der Waals surface area contributed by atoms with Crippen LogP contribution in [0, 0.1) is 19.8 Å². The second kappa shape index (κ2) is 8.21. The third-order valence-corrected chi connectivity index (χ3v) is 8.42. The van der Waals surface area contributed by atoms with Gasteiger partial charge in [-0.05, 0) is 48.7 Å². The number of aryl methyl sites for hydroxylation is 1.